The smallest absolute Gasteiger partial charge is 0.0683 e. The molecule has 1 heteroatoms. The van der Waals surface area contributed by atoms with E-state index in [0.29, 0.717) is 5.92 Å². The fourth-order valence-corrected chi connectivity index (χ4v) is 2.09. The van der Waals surface area contributed by atoms with Crippen molar-refractivity contribution in [2.75, 3.05) is 13.2 Å². The van der Waals surface area contributed by atoms with Gasteiger partial charge in [0.1, 0.15) is 0 Å². The topological polar surface area (TPSA) is 9.23 Å². The number of ether oxygens (including phenoxy) is 1. The Kier molecular flexibility index (Phi) is 2.92. The normalized spacial score (nSPS) is 23.7. The summed E-state index contributed by atoms with van der Waals surface area (Å²) in [5.41, 5.74) is 5.38. The van der Waals surface area contributed by atoms with Crippen LogP contribution in [-0.2, 0) is 4.74 Å². The maximum Gasteiger partial charge on any atom is 0.0683 e. The van der Waals surface area contributed by atoms with Crippen LogP contribution in [-0.4, -0.2) is 13.2 Å². The third-order valence-corrected chi connectivity index (χ3v) is 2.87. The van der Waals surface area contributed by atoms with E-state index in [1.54, 1.807) is 0 Å². The highest BCUT2D eigenvalue weighted by Crippen LogP contribution is 2.22. The Balaban J connectivity index is 2.30. The van der Waals surface area contributed by atoms with Crippen molar-refractivity contribution >= 4 is 6.08 Å². The van der Waals surface area contributed by atoms with E-state index >= 15 is 0 Å². The highest BCUT2D eigenvalue weighted by atomic mass is 16.5. The molecule has 15 heavy (non-hydrogen) atoms. The summed E-state index contributed by atoms with van der Waals surface area (Å²) in [4.78, 5) is 0. The molecule has 1 heterocycles. The summed E-state index contributed by atoms with van der Waals surface area (Å²) < 4.78 is 5.43. The van der Waals surface area contributed by atoms with Gasteiger partial charge in [-0.3, -0.25) is 0 Å². The van der Waals surface area contributed by atoms with E-state index in [1.165, 1.54) is 22.3 Å². The van der Waals surface area contributed by atoms with Gasteiger partial charge in [-0.15, -0.1) is 0 Å². The highest BCUT2D eigenvalue weighted by Gasteiger charge is 2.16. The molecule has 0 N–H and O–H groups in total. The van der Waals surface area contributed by atoms with Crippen molar-refractivity contribution in [2.45, 2.75) is 20.8 Å². The molecular weight excluding hydrogens is 184 g/mol. The molecule has 1 unspecified atom stereocenters. The van der Waals surface area contributed by atoms with Crippen LogP contribution in [0.3, 0.4) is 0 Å². The fraction of sp³-hybridized carbons (Fsp3) is 0.429. The second kappa shape index (κ2) is 4.19. The van der Waals surface area contributed by atoms with E-state index in [2.05, 4.69) is 45.0 Å². The van der Waals surface area contributed by atoms with Gasteiger partial charge in [0.05, 0.1) is 13.2 Å². The minimum Gasteiger partial charge on any atom is -0.376 e. The first-order valence-corrected chi connectivity index (χ1v) is 5.51. The van der Waals surface area contributed by atoms with Crippen LogP contribution in [0.25, 0.3) is 6.08 Å². The van der Waals surface area contributed by atoms with E-state index in [-0.39, 0.29) is 0 Å². The van der Waals surface area contributed by atoms with Gasteiger partial charge in [-0.25, -0.2) is 0 Å². The van der Waals surface area contributed by atoms with Crippen molar-refractivity contribution in [3.05, 3.63) is 40.5 Å². The van der Waals surface area contributed by atoms with E-state index in [1.807, 2.05) is 0 Å². The SMILES string of the molecule is Cc1cc(C)cc(/C=C2\COCC2C)c1. The van der Waals surface area contributed by atoms with Gasteiger partial charge in [-0.2, -0.15) is 0 Å². The molecular formula is C14H18O. The summed E-state index contributed by atoms with van der Waals surface area (Å²) in [6.45, 7) is 8.18. The van der Waals surface area contributed by atoms with Crippen LogP contribution in [0.4, 0.5) is 0 Å². The van der Waals surface area contributed by atoms with Gasteiger partial charge in [-0.05, 0) is 25.0 Å². The third kappa shape index (κ3) is 2.48. The number of rotatable bonds is 1. The molecule has 1 aromatic carbocycles. The van der Waals surface area contributed by atoms with E-state index in [4.69, 9.17) is 4.74 Å². The van der Waals surface area contributed by atoms with Crippen molar-refractivity contribution in [2.24, 2.45) is 5.92 Å². The monoisotopic (exact) mass is 202 g/mol. The first-order chi connectivity index (χ1) is 7.15. The molecule has 1 aliphatic heterocycles. The molecule has 0 spiro atoms. The Bertz CT molecular complexity index is 370. The third-order valence-electron chi connectivity index (χ3n) is 2.87. The summed E-state index contributed by atoms with van der Waals surface area (Å²) in [5, 5.41) is 0. The summed E-state index contributed by atoms with van der Waals surface area (Å²) in [6, 6.07) is 6.66. The number of benzene rings is 1. The summed E-state index contributed by atoms with van der Waals surface area (Å²) in [7, 11) is 0. The molecule has 1 aromatic rings. The molecule has 1 aliphatic rings. The molecule has 0 radical (unpaired) electrons. The van der Waals surface area contributed by atoms with Crippen LogP contribution in [0.2, 0.25) is 0 Å². The van der Waals surface area contributed by atoms with Crippen molar-refractivity contribution < 1.29 is 4.74 Å². The molecule has 0 aromatic heterocycles. The van der Waals surface area contributed by atoms with Gasteiger partial charge < -0.3 is 4.74 Å². The Hall–Kier alpha value is -1.08. The Morgan fingerprint density at radius 2 is 1.87 bits per heavy atom. The summed E-state index contributed by atoms with van der Waals surface area (Å²) in [5.74, 6) is 0.575. The molecule has 2 rings (SSSR count). The predicted octanol–water partition coefficient (Wildman–Crippen LogP) is 3.35. The van der Waals surface area contributed by atoms with Crippen molar-refractivity contribution in [3.8, 4) is 0 Å². The minimum atomic E-state index is 0.575. The van der Waals surface area contributed by atoms with Crippen LogP contribution in [0.15, 0.2) is 23.8 Å². The van der Waals surface area contributed by atoms with Gasteiger partial charge in [0.15, 0.2) is 0 Å². The zero-order chi connectivity index (χ0) is 10.8. The average molecular weight is 202 g/mol. The van der Waals surface area contributed by atoms with Crippen LogP contribution < -0.4 is 0 Å². The van der Waals surface area contributed by atoms with Crippen molar-refractivity contribution in [1.29, 1.82) is 0 Å². The standard InChI is InChI=1S/C14H18O/c1-10-4-11(2)6-13(5-10)7-14-9-15-8-12(14)3/h4-7,12H,8-9H2,1-3H3/b14-7+. The lowest BCUT2D eigenvalue weighted by atomic mass is 10.00. The molecule has 1 atom stereocenters. The maximum absolute atomic E-state index is 5.43. The van der Waals surface area contributed by atoms with Gasteiger partial charge in [0.25, 0.3) is 0 Å². The van der Waals surface area contributed by atoms with Crippen molar-refractivity contribution in [3.63, 3.8) is 0 Å². The quantitative estimate of drug-likeness (QED) is 0.678. The van der Waals surface area contributed by atoms with Gasteiger partial charge in [-0.1, -0.05) is 42.3 Å². The van der Waals surface area contributed by atoms with E-state index in [0.717, 1.165) is 13.2 Å². The lowest BCUT2D eigenvalue weighted by Gasteiger charge is -2.04. The summed E-state index contributed by atoms with van der Waals surface area (Å²) >= 11 is 0. The zero-order valence-electron chi connectivity index (χ0n) is 9.71. The highest BCUT2D eigenvalue weighted by molar-refractivity contribution is 5.56. The number of hydrogen-bond donors (Lipinski definition) is 0. The van der Waals surface area contributed by atoms with Crippen LogP contribution in [0.1, 0.15) is 23.6 Å². The molecule has 1 nitrogen and oxygen atoms in total. The minimum absolute atomic E-state index is 0.575. The van der Waals surface area contributed by atoms with Crippen LogP contribution in [0.5, 0.6) is 0 Å². The molecule has 1 saturated heterocycles. The van der Waals surface area contributed by atoms with Gasteiger partial charge in [0.2, 0.25) is 0 Å². The molecule has 80 valence electrons. The second-order valence-electron chi connectivity index (χ2n) is 4.56. The maximum atomic E-state index is 5.43. The second-order valence-corrected chi connectivity index (χ2v) is 4.56. The molecule has 0 amide bonds. The van der Waals surface area contributed by atoms with Crippen LogP contribution >= 0.6 is 0 Å². The predicted molar refractivity (Wildman–Crippen MR) is 63.9 cm³/mol. The molecule has 0 aliphatic carbocycles. The molecule has 1 fully saturated rings. The zero-order valence-corrected chi connectivity index (χ0v) is 9.71. The van der Waals surface area contributed by atoms with Gasteiger partial charge >= 0.3 is 0 Å². The average Bonchev–Trinajstić information content (AvgIpc) is 2.50. The lowest BCUT2D eigenvalue weighted by Crippen LogP contribution is -1.94. The van der Waals surface area contributed by atoms with Crippen LogP contribution in [0, 0.1) is 19.8 Å². The first-order valence-electron chi connectivity index (χ1n) is 5.51. The number of aryl methyl sites for hydroxylation is 2. The Labute approximate surface area is 91.8 Å². The lowest BCUT2D eigenvalue weighted by molar-refractivity contribution is 0.191. The first kappa shape index (κ1) is 10.4. The van der Waals surface area contributed by atoms with Crippen molar-refractivity contribution in [1.82, 2.24) is 0 Å². The largest absolute Gasteiger partial charge is 0.376 e. The molecule has 0 saturated carbocycles. The Morgan fingerprint density at radius 3 is 2.40 bits per heavy atom. The fourth-order valence-electron chi connectivity index (χ4n) is 2.09. The Morgan fingerprint density at radius 1 is 1.20 bits per heavy atom. The summed E-state index contributed by atoms with van der Waals surface area (Å²) in [6.07, 6.45) is 2.28. The van der Waals surface area contributed by atoms with Gasteiger partial charge in [0, 0.05) is 5.92 Å². The van der Waals surface area contributed by atoms with E-state index < -0.39 is 0 Å². The molecule has 0 bridgehead atoms. The number of hydrogen-bond acceptors (Lipinski definition) is 1. The van der Waals surface area contributed by atoms with E-state index in [9.17, 15) is 0 Å².